The van der Waals surface area contributed by atoms with Gasteiger partial charge in [-0.05, 0) is 68.1 Å². The molecule has 132 valence electrons. The molecule has 4 aliphatic carbocycles. The summed E-state index contributed by atoms with van der Waals surface area (Å²) in [6.07, 6.45) is 9.17. The third-order valence-electron chi connectivity index (χ3n) is 7.94. The van der Waals surface area contributed by atoms with E-state index in [0.717, 1.165) is 44.2 Å². The zero-order chi connectivity index (χ0) is 17.1. The highest BCUT2D eigenvalue weighted by atomic mass is 16.4. The Labute approximate surface area is 143 Å². The fourth-order valence-electron chi connectivity index (χ4n) is 6.58. The van der Waals surface area contributed by atoms with Crippen molar-refractivity contribution >= 4 is 11.4 Å². The van der Waals surface area contributed by atoms with E-state index in [1.807, 2.05) is 0 Å². The molecule has 24 heavy (non-hydrogen) atoms. The summed E-state index contributed by atoms with van der Waals surface area (Å²) < 4.78 is 0. The molecular formula is C19H29N3O2. The largest absolute Gasteiger partial charge is 0.411 e. The molecule has 4 N–H and O–H groups in total. The second-order valence-corrected chi connectivity index (χ2v) is 8.84. The van der Waals surface area contributed by atoms with Gasteiger partial charge in [0.2, 0.25) is 0 Å². The third-order valence-corrected chi connectivity index (χ3v) is 7.94. The van der Waals surface area contributed by atoms with Crippen LogP contribution in [0.4, 0.5) is 0 Å². The van der Waals surface area contributed by atoms with Gasteiger partial charge in [-0.3, -0.25) is 0 Å². The summed E-state index contributed by atoms with van der Waals surface area (Å²) in [5.41, 5.74) is 3.14. The Morgan fingerprint density at radius 1 is 1.12 bits per heavy atom. The lowest BCUT2D eigenvalue weighted by Gasteiger charge is -2.56. The molecule has 4 rings (SSSR count). The number of aliphatic hydroxyl groups is 1. The Hall–Kier alpha value is -1.36. The average Bonchev–Trinajstić information content (AvgIpc) is 2.87. The maximum absolute atomic E-state index is 10.1. The van der Waals surface area contributed by atoms with Crippen LogP contribution in [0, 0.1) is 28.6 Å². The maximum atomic E-state index is 10.1. The lowest BCUT2D eigenvalue weighted by Crippen LogP contribution is -2.50. The summed E-state index contributed by atoms with van der Waals surface area (Å²) in [4.78, 5) is 0. The van der Waals surface area contributed by atoms with E-state index in [4.69, 9.17) is 5.84 Å². The Morgan fingerprint density at radius 2 is 1.88 bits per heavy atom. The second kappa shape index (κ2) is 5.32. The van der Waals surface area contributed by atoms with E-state index in [9.17, 15) is 10.3 Å². The fourth-order valence-corrected chi connectivity index (χ4v) is 6.58. The number of rotatable bonds is 0. The van der Waals surface area contributed by atoms with E-state index in [2.05, 4.69) is 30.2 Å². The Bertz CT molecular complexity index is 641. The van der Waals surface area contributed by atoms with Crippen LogP contribution in [-0.4, -0.2) is 27.8 Å². The molecule has 0 aromatic rings. The normalized spacial score (nSPS) is 51.0. The minimum atomic E-state index is -0.162. The van der Waals surface area contributed by atoms with Crippen LogP contribution in [0.15, 0.2) is 21.9 Å². The van der Waals surface area contributed by atoms with Crippen molar-refractivity contribution in [1.29, 1.82) is 0 Å². The first-order chi connectivity index (χ1) is 11.4. The van der Waals surface area contributed by atoms with Crippen molar-refractivity contribution in [3.63, 3.8) is 0 Å². The second-order valence-electron chi connectivity index (χ2n) is 8.84. The zero-order valence-electron chi connectivity index (χ0n) is 14.7. The van der Waals surface area contributed by atoms with Crippen LogP contribution >= 0.6 is 0 Å². The number of aliphatic hydroxyl groups excluding tert-OH is 1. The number of hydrogen-bond donors (Lipinski definition) is 3. The minimum absolute atomic E-state index is 0.0621. The number of nitrogens with zero attached hydrogens (tertiary/aromatic N) is 2. The molecule has 4 aliphatic rings. The summed E-state index contributed by atoms with van der Waals surface area (Å²) in [7, 11) is 0. The van der Waals surface area contributed by atoms with E-state index in [1.54, 1.807) is 0 Å². The Kier molecular flexibility index (Phi) is 3.57. The molecule has 0 aromatic carbocycles. The monoisotopic (exact) mass is 331 g/mol. The van der Waals surface area contributed by atoms with Crippen LogP contribution < -0.4 is 5.84 Å². The highest BCUT2D eigenvalue weighted by molar-refractivity contribution is 6.46. The maximum Gasteiger partial charge on any atom is 0.104 e. The smallest absolute Gasteiger partial charge is 0.104 e. The number of hydrogen-bond acceptors (Lipinski definition) is 5. The molecule has 3 fully saturated rings. The molecule has 5 nitrogen and oxygen atoms in total. The van der Waals surface area contributed by atoms with Gasteiger partial charge < -0.3 is 16.2 Å². The van der Waals surface area contributed by atoms with Crippen LogP contribution in [0.2, 0.25) is 0 Å². The van der Waals surface area contributed by atoms with Gasteiger partial charge in [-0.15, -0.1) is 0 Å². The molecule has 0 amide bonds. The standard InChI is InChI=1S/C19H29N3O2/c1-18-7-5-12(23)9-11(18)3-4-13-14(18)6-8-19(2)15(13)10-16(22-24)17(19)21-20/h3,12-15,23-24H,4-10,20H2,1-2H3/b21-17+,22-16+. The van der Waals surface area contributed by atoms with Crippen LogP contribution in [0.3, 0.4) is 0 Å². The third kappa shape index (κ3) is 1.97. The van der Waals surface area contributed by atoms with Crippen molar-refractivity contribution in [1.82, 2.24) is 0 Å². The number of fused-ring (bicyclic) bond motifs is 5. The number of oxime groups is 1. The van der Waals surface area contributed by atoms with Gasteiger partial charge in [0.1, 0.15) is 5.71 Å². The van der Waals surface area contributed by atoms with Gasteiger partial charge in [0.05, 0.1) is 11.8 Å². The van der Waals surface area contributed by atoms with Crippen LogP contribution in [-0.2, 0) is 0 Å². The lowest BCUT2D eigenvalue weighted by molar-refractivity contribution is -0.0197. The quantitative estimate of drug-likeness (QED) is 0.276. The molecule has 0 aliphatic heterocycles. The first-order valence-electron chi connectivity index (χ1n) is 9.31. The molecular weight excluding hydrogens is 302 g/mol. The molecule has 5 heteroatoms. The predicted octanol–water partition coefficient (Wildman–Crippen LogP) is 3.06. The molecule has 0 aromatic heterocycles. The SMILES string of the molecule is CC12CCC(O)CC1=CCC1C2CCC2(C)C(=N/N)/C(=N/O)CC12. The number of nitrogens with two attached hydrogens (primary N) is 1. The molecule has 0 heterocycles. The summed E-state index contributed by atoms with van der Waals surface area (Å²) in [6.45, 7) is 4.67. The average molecular weight is 331 g/mol. The van der Waals surface area contributed by atoms with Crippen molar-refractivity contribution in [3.8, 4) is 0 Å². The zero-order valence-corrected chi connectivity index (χ0v) is 14.7. The molecule has 0 bridgehead atoms. The van der Waals surface area contributed by atoms with Crippen molar-refractivity contribution in [3.05, 3.63) is 11.6 Å². The van der Waals surface area contributed by atoms with E-state index >= 15 is 0 Å². The van der Waals surface area contributed by atoms with Crippen molar-refractivity contribution in [2.45, 2.75) is 64.9 Å². The minimum Gasteiger partial charge on any atom is -0.411 e. The number of allylic oxidation sites excluding steroid dienone is 1. The van der Waals surface area contributed by atoms with Crippen LogP contribution in [0.25, 0.3) is 0 Å². The van der Waals surface area contributed by atoms with E-state index < -0.39 is 0 Å². The van der Waals surface area contributed by atoms with Gasteiger partial charge >= 0.3 is 0 Å². The molecule has 6 atom stereocenters. The summed E-state index contributed by atoms with van der Waals surface area (Å²) in [5, 5.41) is 27.0. The van der Waals surface area contributed by atoms with Gasteiger partial charge in [0.25, 0.3) is 0 Å². The van der Waals surface area contributed by atoms with Crippen LogP contribution in [0.5, 0.6) is 0 Å². The lowest BCUT2D eigenvalue weighted by atomic mass is 9.48. The van der Waals surface area contributed by atoms with E-state index in [1.165, 1.54) is 12.0 Å². The predicted molar refractivity (Wildman–Crippen MR) is 93.9 cm³/mol. The van der Waals surface area contributed by atoms with E-state index in [-0.39, 0.29) is 16.9 Å². The van der Waals surface area contributed by atoms with Gasteiger partial charge in [0.15, 0.2) is 0 Å². The van der Waals surface area contributed by atoms with Gasteiger partial charge in [-0.25, -0.2) is 0 Å². The van der Waals surface area contributed by atoms with Crippen molar-refractivity contribution < 1.29 is 10.3 Å². The molecule has 0 radical (unpaired) electrons. The fraction of sp³-hybridized carbons (Fsp3) is 0.789. The van der Waals surface area contributed by atoms with Gasteiger partial charge in [-0.2, -0.15) is 5.10 Å². The Balaban J connectivity index is 1.72. The molecule has 0 saturated heterocycles. The summed E-state index contributed by atoms with van der Waals surface area (Å²) in [5.74, 6) is 7.35. The highest BCUT2D eigenvalue weighted by Crippen LogP contribution is 2.63. The van der Waals surface area contributed by atoms with Crippen molar-refractivity contribution in [2.75, 3.05) is 0 Å². The number of hydrazone groups is 1. The first-order valence-corrected chi connectivity index (χ1v) is 9.31. The summed E-state index contributed by atoms with van der Waals surface area (Å²) in [6, 6.07) is 0. The first kappa shape index (κ1) is 16.1. The topological polar surface area (TPSA) is 91.2 Å². The highest BCUT2D eigenvalue weighted by Gasteiger charge is 2.59. The molecule has 3 saturated carbocycles. The summed E-state index contributed by atoms with van der Waals surface area (Å²) >= 11 is 0. The molecule has 0 spiro atoms. The van der Waals surface area contributed by atoms with Gasteiger partial charge in [0, 0.05) is 5.41 Å². The Morgan fingerprint density at radius 3 is 2.58 bits per heavy atom. The van der Waals surface area contributed by atoms with Crippen molar-refractivity contribution in [2.24, 2.45) is 44.7 Å². The van der Waals surface area contributed by atoms with Crippen LogP contribution in [0.1, 0.15) is 58.8 Å². The molecule has 6 unspecified atom stereocenters. The van der Waals surface area contributed by atoms with Gasteiger partial charge in [-0.1, -0.05) is 30.7 Å². The van der Waals surface area contributed by atoms with E-state index in [0.29, 0.717) is 23.5 Å².